The molecule has 0 saturated carbocycles. The molecule has 1 amide bonds. The summed E-state index contributed by atoms with van der Waals surface area (Å²) in [5.74, 6) is 0.696. The van der Waals surface area contributed by atoms with Crippen LogP contribution in [-0.4, -0.2) is 96.5 Å². The highest BCUT2D eigenvalue weighted by Crippen LogP contribution is 2.26. The van der Waals surface area contributed by atoms with Crippen molar-refractivity contribution in [2.45, 2.75) is 31.0 Å². The molecular weight excluding hydrogens is 376 g/mol. The van der Waals surface area contributed by atoms with E-state index in [1.54, 1.807) is 11.8 Å². The fraction of sp³-hybridized carbons (Fsp3) is 0.667. The van der Waals surface area contributed by atoms with E-state index in [0.29, 0.717) is 64.5 Å². The van der Waals surface area contributed by atoms with Crippen LogP contribution in [0, 0.1) is 0 Å². The second-order valence-corrected chi connectivity index (χ2v) is 8.00. The van der Waals surface area contributed by atoms with Crippen LogP contribution in [0.3, 0.4) is 0 Å². The molecule has 0 aromatic heterocycles. The maximum Gasteiger partial charge on any atom is 0.409 e. The number of nitrogens with zero attached hydrogens (tertiary/aromatic N) is 2. The second kappa shape index (κ2) is 9.75. The molecule has 0 spiro atoms. The molecule has 8 heteroatoms. The van der Waals surface area contributed by atoms with Gasteiger partial charge in [0.1, 0.15) is 18.0 Å². The molecule has 0 unspecified atom stereocenters. The maximum absolute atomic E-state index is 11.9. The molecular formula is C21H32N2O6. The van der Waals surface area contributed by atoms with E-state index < -0.39 is 11.2 Å². The van der Waals surface area contributed by atoms with Crippen LogP contribution < -0.4 is 4.74 Å². The molecule has 29 heavy (non-hydrogen) atoms. The Morgan fingerprint density at radius 3 is 2.55 bits per heavy atom. The number of hydrogen-bond acceptors (Lipinski definition) is 7. The number of amides is 1. The van der Waals surface area contributed by atoms with Gasteiger partial charge in [0, 0.05) is 32.7 Å². The summed E-state index contributed by atoms with van der Waals surface area (Å²) in [4.78, 5) is 15.5. The minimum Gasteiger partial charge on any atom is -0.490 e. The Morgan fingerprint density at radius 2 is 1.86 bits per heavy atom. The Labute approximate surface area is 172 Å². The lowest BCUT2D eigenvalue weighted by Crippen LogP contribution is -2.55. The van der Waals surface area contributed by atoms with Crippen molar-refractivity contribution in [2.75, 3.05) is 59.2 Å². The minimum atomic E-state index is -1.16. The molecule has 2 aliphatic heterocycles. The molecule has 2 fully saturated rings. The lowest BCUT2D eigenvalue weighted by atomic mass is 9.90. The number of aliphatic hydroxyl groups is 2. The predicted molar refractivity (Wildman–Crippen MR) is 107 cm³/mol. The summed E-state index contributed by atoms with van der Waals surface area (Å²) in [5.41, 5.74) is -2.07. The van der Waals surface area contributed by atoms with Crippen LogP contribution in [0.5, 0.6) is 5.75 Å². The van der Waals surface area contributed by atoms with Gasteiger partial charge in [0.25, 0.3) is 0 Å². The first kappa shape index (κ1) is 21.8. The second-order valence-electron chi connectivity index (χ2n) is 8.00. The van der Waals surface area contributed by atoms with Crippen molar-refractivity contribution in [1.82, 2.24) is 9.80 Å². The highest BCUT2D eigenvalue weighted by molar-refractivity contribution is 5.67. The Hall–Kier alpha value is -1.87. The average Bonchev–Trinajstić information content (AvgIpc) is 2.89. The highest BCUT2D eigenvalue weighted by Gasteiger charge is 2.39. The van der Waals surface area contributed by atoms with Crippen molar-refractivity contribution < 1.29 is 29.2 Å². The number of carbonyl (C=O) groups is 1. The van der Waals surface area contributed by atoms with E-state index in [0.717, 1.165) is 0 Å². The fourth-order valence-electron chi connectivity index (χ4n) is 3.85. The van der Waals surface area contributed by atoms with E-state index in [9.17, 15) is 15.0 Å². The number of carbonyl (C=O) groups excluding carboxylic acids is 1. The lowest BCUT2D eigenvalue weighted by Gasteiger charge is -2.41. The Balaban J connectivity index is 1.54. The van der Waals surface area contributed by atoms with E-state index in [-0.39, 0.29) is 19.3 Å². The van der Waals surface area contributed by atoms with E-state index in [4.69, 9.17) is 14.2 Å². The van der Waals surface area contributed by atoms with Crippen molar-refractivity contribution in [2.24, 2.45) is 0 Å². The van der Waals surface area contributed by atoms with Gasteiger partial charge in [-0.3, -0.25) is 4.90 Å². The molecule has 2 aliphatic rings. The number of benzene rings is 1. The van der Waals surface area contributed by atoms with Gasteiger partial charge in [-0.15, -0.1) is 0 Å². The van der Waals surface area contributed by atoms with E-state index in [2.05, 4.69) is 0 Å². The first-order valence-corrected chi connectivity index (χ1v) is 10.3. The highest BCUT2D eigenvalue weighted by atomic mass is 16.6. The number of para-hydroxylation sites is 1. The molecule has 1 aromatic carbocycles. The molecule has 0 radical (unpaired) electrons. The quantitative estimate of drug-likeness (QED) is 0.729. The Kier molecular flexibility index (Phi) is 7.34. The number of β-amino-alcohol motifs (C(OH)–C–C–N with tert-alkyl or cyclic N) is 2. The molecule has 2 N–H and O–H groups in total. The number of rotatable bonds is 6. The third kappa shape index (κ3) is 6.30. The first-order chi connectivity index (χ1) is 13.9. The van der Waals surface area contributed by atoms with E-state index in [1.165, 1.54) is 0 Å². The van der Waals surface area contributed by atoms with Gasteiger partial charge in [-0.25, -0.2) is 4.79 Å². The van der Waals surface area contributed by atoms with E-state index >= 15 is 0 Å². The molecule has 3 rings (SSSR count). The van der Waals surface area contributed by atoms with Crippen molar-refractivity contribution >= 4 is 6.09 Å². The Bertz CT molecular complexity index is 650. The van der Waals surface area contributed by atoms with E-state index in [1.807, 2.05) is 35.2 Å². The summed E-state index contributed by atoms with van der Waals surface area (Å²) >= 11 is 0. The summed E-state index contributed by atoms with van der Waals surface area (Å²) in [6.45, 7) is 5.22. The van der Waals surface area contributed by atoms with Crippen LogP contribution in [0.2, 0.25) is 0 Å². The van der Waals surface area contributed by atoms with Gasteiger partial charge in [-0.1, -0.05) is 18.2 Å². The number of hydrogen-bond donors (Lipinski definition) is 2. The topological polar surface area (TPSA) is 91.7 Å². The molecule has 162 valence electrons. The molecule has 8 nitrogen and oxygen atoms in total. The normalized spacial score (nSPS) is 25.3. The zero-order chi connectivity index (χ0) is 20.7. The Morgan fingerprint density at radius 1 is 1.14 bits per heavy atom. The molecule has 2 heterocycles. The summed E-state index contributed by atoms with van der Waals surface area (Å²) in [5, 5.41) is 22.1. The van der Waals surface area contributed by atoms with Crippen LogP contribution in [0.15, 0.2) is 30.3 Å². The third-order valence-corrected chi connectivity index (χ3v) is 5.43. The number of likely N-dealkylation sites (tertiary alicyclic amines) is 1. The average molecular weight is 408 g/mol. The first-order valence-electron chi connectivity index (χ1n) is 10.3. The molecule has 1 atom stereocenters. The summed E-state index contributed by atoms with van der Waals surface area (Å²) in [6, 6.07) is 9.37. The predicted octanol–water partition coefficient (Wildman–Crippen LogP) is 1.11. The van der Waals surface area contributed by atoms with Crippen molar-refractivity contribution in [3.8, 4) is 5.75 Å². The van der Waals surface area contributed by atoms with Gasteiger partial charge >= 0.3 is 6.09 Å². The zero-order valence-electron chi connectivity index (χ0n) is 17.1. The SMILES string of the molecule is CCOC(=O)N1CCC(O)(CN2CCOC[C@](O)(COc3ccccc3)C2)CC1. The summed E-state index contributed by atoms with van der Waals surface area (Å²) < 4.78 is 16.4. The smallest absolute Gasteiger partial charge is 0.409 e. The van der Waals surface area contributed by atoms with Crippen LogP contribution in [0.4, 0.5) is 4.79 Å². The monoisotopic (exact) mass is 408 g/mol. The molecule has 2 saturated heterocycles. The van der Waals surface area contributed by atoms with Crippen LogP contribution in [0.1, 0.15) is 19.8 Å². The molecule has 0 bridgehead atoms. The minimum absolute atomic E-state index is 0.114. The standard InChI is InChI=1S/C21H32N2O6/c1-2-28-19(24)23-10-8-20(25,9-11-23)14-22-12-13-27-16-21(26,15-22)17-29-18-6-4-3-5-7-18/h3-7,25-26H,2,8-17H2,1H3/t21-/m0/s1. The van der Waals surface area contributed by atoms with Gasteiger partial charge in [0.05, 0.1) is 25.4 Å². The fourth-order valence-corrected chi connectivity index (χ4v) is 3.85. The van der Waals surface area contributed by atoms with Gasteiger partial charge in [-0.2, -0.15) is 0 Å². The van der Waals surface area contributed by atoms with Crippen molar-refractivity contribution in [3.05, 3.63) is 30.3 Å². The van der Waals surface area contributed by atoms with Crippen LogP contribution in [-0.2, 0) is 9.47 Å². The zero-order valence-corrected chi connectivity index (χ0v) is 17.1. The van der Waals surface area contributed by atoms with Gasteiger partial charge in [0.15, 0.2) is 0 Å². The van der Waals surface area contributed by atoms with Crippen LogP contribution >= 0.6 is 0 Å². The number of piperidine rings is 1. The molecule has 1 aromatic rings. The van der Waals surface area contributed by atoms with Gasteiger partial charge in [0.2, 0.25) is 0 Å². The van der Waals surface area contributed by atoms with Crippen LogP contribution in [0.25, 0.3) is 0 Å². The van der Waals surface area contributed by atoms with Crippen molar-refractivity contribution in [3.63, 3.8) is 0 Å². The third-order valence-electron chi connectivity index (χ3n) is 5.43. The summed E-state index contributed by atoms with van der Waals surface area (Å²) in [6.07, 6.45) is 0.620. The lowest BCUT2D eigenvalue weighted by molar-refractivity contribution is -0.0790. The van der Waals surface area contributed by atoms with Gasteiger partial charge in [-0.05, 0) is 31.9 Å². The maximum atomic E-state index is 11.9. The van der Waals surface area contributed by atoms with Crippen molar-refractivity contribution in [1.29, 1.82) is 0 Å². The largest absolute Gasteiger partial charge is 0.490 e. The van der Waals surface area contributed by atoms with Gasteiger partial charge < -0.3 is 29.3 Å². The molecule has 0 aliphatic carbocycles. The number of ether oxygens (including phenoxy) is 3. The summed E-state index contributed by atoms with van der Waals surface area (Å²) in [7, 11) is 0.